The number of hydrogen-bond acceptors (Lipinski definition) is 3. The van der Waals surface area contributed by atoms with Crippen molar-refractivity contribution in [1.82, 2.24) is 0 Å². The van der Waals surface area contributed by atoms with Crippen LogP contribution in [0.1, 0.15) is 30.4 Å². The van der Waals surface area contributed by atoms with Crippen molar-refractivity contribution in [2.45, 2.75) is 33.1 Å². The van der Waals surface area contributed by atoms with Crippen LogP contribution in [0.2, 0.25) is 0 Å². The number of nitrogens with zero attached hydrogens (tertiary/aromatic N) is 1. The van der Waals surface area contributed by atoms with Gasteiger partial charge >= 0.3 is 0 Å². The van der Waals surface area contributed by atoms with Gasteiger partial charge in [-0.15, -0.1) is 0 Å². The summed E-state index contributed by atoms with van der Waals surface area (Å²) in [5.41, 5.74) is 9.35. The normalized spacial score (nSPS) is 17.3. The van der Waals surface area contributed by atoms with Gasteiger partial charge in [-0.05, 0) is 55.4 Å². The second kappa shape index (κ2) is 5.41. The molecule has 0 saturated heterocycles. The minimum Gasteiger partial charge on any atom is -0.409 e. The maximum absolute atomic E-state index is 8.65. The van der Waals surface area contributed by atoms with Crippen molar-refractivity contribution in [2.75, 3.05) is 11.9 Å². The average molecular weight is 326 g/mol. The Labute approximate surface area is 122 Å². The van der Waals surface area contributed by atoms with Gasteiger partial charge in [0.25, 0.3) is 0 Å². The van der Waals surface area contributed by atoms with Crippen LogP contribution in [0.3, 0.4) is 0 Å². The van der Waals surface area contributed by atoms with Crippen LogP contribution in [0.5, 0.6) is 0 Å². The summed E-state index contributed by atoms with van der Waals surface area (Å²) < 4.78 is 1.16. The lowest BCUT2D eigenvalue weighted by Gasteiger charge is -2.17. The Hall–Kier alpha value is -1.23. The van der Waals surface area contributed by atoms with Crippen molar-refractivity contribution in [2.24, 2.45) is 16.3 Å². The van der Waals surface area contributed by atoms with Gasteiger partial charge in [0.1, 0.15) is 5.84 Å². The third kappa shape index (κ3) is 3.41. The van der Waals surface area contributed by atoms with Gasteiger partial charge in [-0.1, -0.05) is 21.1 Å². The molecule has 1 aliphatic carbocycles. The van der Waals surface area contributed by atoms with E-state index in [0.29, 0.717) is 12.3 Å². The Kier molecular flexibility index (Phi) is 4.04. The number of halogens is 1. The van der Waals surface area contributed by atoms with E-state index in [1.54, 1.807) is 0 Å². The van der Waals surface area contributed by atoms with Gasteiger partial charge in [0.15, 0.2) is 0 Å². The molecule has 1 saturated carbocycles. The zero-order valence-electron chi connectivity index (χ0n) is 11.3. The van der Waals surface area contributed by atoms with Crippen LogP contribution in [0.25, 0.3) is 0 Å². The van der Waals surface area contributed by atoms with E-state index in [1.165, 1.54) is 11.1 Å². The maximum Gasteiger partial charge on any atom is 0.139 e. The molecule has 1 aromatic carbocycles. The smallest absolute Gasteiger partial charge is 0.139 e. The molecule has 0 heterocycles. The fraction of sp³-hybridized carbons (Fsp3) is 0.500. The van der Waals surface area contributed by atoms with Gasteiger partial charge in [0, 0.05) is 23.1 Å². The highest BCUT2D eigenvalue weighted by Gasteiger charge is 2.43. The minimum absolute atomic E-state index is 0.172. The van der Waals surface area contributed by atoms with Crippen molar-refractivity contribution in [3.8, 4) is 0 Å². The van der Waals surface area contributed by atoms with Crippen LogP contribution < -0.4 is 11.1 Å². The predicted molar refractivity (Wildman–Crippen MR) is 81.8 cm³/mol. The van der Waals surface area contributed by atoms with Crippen molar-refractivity contribution in [3.05, 3.63) is 27.7 Å². The van der Waals surface area contributed by atoms with E-state index in [2.05, 4.69) is 52.4 Å². The van der Waals surface area contributed by atoms with Gasteiger partial charge in [-0.2, -0.15) is 0 Å². The monoisotopic (exact) mass is 325 g/mol. The van der Waals surface area contributed by atoms with Gasteiger partial charge in [-0.3, -0.25) is 0 Å². The molecule has 19 heavy (non-hydrogen) atoms. The number of benzene rings is 1. The molecule has 104 valence electrons. The number of aryl methyl sites for hydroxylation is 2. The lowest BCUT2D eigenvalue weighted by molar-refractivity contribution is 0.315. The van der Waals surface area contributed by atoms with Crippen molar-refractivity contribution < 1.29 is 5.21 Å². The maximum atomic E-state index is 8.65. The zero-order valence-corrected chi connectivity index (χ0v) is 12.9. The van der Waals surface area contributed by atoms with E-state index < -0.39 is 0 Å². The summed E-state index contributed by atoms with van der Waals surface area (Å²) >= 11 is 3.57. The van der Waals surface area contributed by atoms with E-state index in [9.17, 15) is 0 Å². The highest BCUT2D eigenvalue weighted by Crippen LogP contribution is 2.48. The first kappa shape index (κ1) is 14.2. The second-order valence-corrected chi connectivity index (χ2v) is 6.34. The fourth-order valence-electron chi connectivity index (χ4n) is 2.35. The highest BCUT2D eigenvalue weighted by molar-refractivity contribution is 9.10. The quantitative estimate of drug-likeness (QED) is 0.336. The molecular weight excluding hydrogens is 306 g/mol. The van der Waals surface area contributed by atoms with Crippen molar-refractivity contribution in [3.63, 3.8) is 0 Å². The van der Waals surface area contributed by atoms with Crippen LogP contribution >= 0.6 is 15.9 Å². The first-order valence-electron chi connectivity index (χ1n) is 6.43. The van der Waals surface area contributed by atoms with Crippen LogP contribution in [-0.4, -0.2) is 17.6 Å². The molecule has 5 heteroatoms. The SMILES string of the molecule is Cc1cc(NCC2(C/C(N)=N/O)CC2)cc(C)c1Br. The summed E-state index contributed by atoms with van der Waals surface area (Å²) in [4.78, 5) is 0. The number of amidine groups is 1. The lowest BCUT2D eigenvalue weighted by Crippen LogP contribution is -2.23. The third-order valence-corrected chi connectivity index (χ3v) is 5.00. The van der Waals surface area contributed by atoms with Crippen LogP contribution in [0.4, 0.5) is 5.69 Å². The Morgan fingerprint density at radius 2 is 2.00 bits per heavy atom. The van der Waals surface area contributed by atoms with E-state index in [1.807, 2.05) is 0 Å². The molecule has 1 fully saturated rings. The molecule has 1 aromatic rings. The molecule has 0 aromatic heterocycles. The predicted octanol–water partition coefficient (Wildman–Crippen LogP) is 3.39. The van der Waals surface area contributed by atoms with Crippen LogP contribution in [0.15, 0.2) is 21.8 Å². The Morgan fingerprint density at radius 1 is 1.42 bits per heavy atom. The topological polar surface area (TPSA) is 70.6 Å². The molecule has 4 nitrogen and oxygen atoms in total. The highest BCUT2D eigenvalue weighted by atomic mass is 79.9. The molecule has 0 atom stereocenters. The molecular formula is C14H20BrN3O. The Morgan fingerprint density at radius 3 is 2.47 bits per heavy atom. The fourth-order valence-corrected chi connectivity index (χ4v) is 2.58. The number of hydrogen-bond donors (Lipinski definition) is 3. The van der Waals surface area contributed by atoms with Gasteiger partial charge < -0.3 is 16.3 Å². The van der Waals surface area contributed by atoms with E-state index in [4.69, 9.17) is 10.9 Å². The first-order chi connectivity index (χ1) is 8.96. The Bertz CT molecular complexity index is 486. The zero-order chi connectivity index (χ0) is 14.0. The number of rotatable bonds is 5. The molecule has 4 N–H and O–H groups in total. The van der Waals surface area contributed by atoms with Gasteiger partial charge in [0.2, 0.25) is 0 Å². The van der Waals surface area contributed by atoms with Crippen LogP contribution in [-0.2, 0) is 0 Å². The van der Waals surface area contributed by atoms with E-state index in [0.717, 1.165) is 29.5 Å². The van der Waals surface area contributed by atoms with E-state index >= 15 is 0 Å². The van der Waals surface area contributed by atoms with Crippen molar-refractivity contribution in [1.29, 1.82) is 0 Å². The Balaban J connectivity index is 2.00. The average Bonchev–Trinajstić information content (AvgIpc) is 3.13. The van der Waals surface area contributed by atoms with Crippen molar-refractivity contribution >= 4 is 27.5 Å². The third-order valence-electron chi connectivity index (χ3n) is 3.75. The summed E-state index contributed by atoms with van der Waals surface area (Å²) in [6, 6.07) is 4.27. The molecule has 0 aliphatic heterocycles. The number of anilines is 1. The molecule has 0 radical (unpaired) electrons. The van der Waals surface area contributed by atoms with Gasteiger partial charge in [-0.25, -0.2) is 0 Å². The molecule has 2 rings (SSSR count). The number of nitrogens with one attached hydrogen (secondary N) is 1. The lowest BCUT2D eigenvalue weighted by atomic mass is 10.0. The van der Waals surface area contributed by atoms with Gasteiger partial charge in [0.05, 0.1) is 0 Å². The molecule has 0 bridgehead atoms. The largest absolute Gasteiger partial charge is 0.409 e. The number of oxime groups is 1. The molecule has 1 aliphatic rings. The molecule has 0 unspecified atom stereocenters. The standard InChI is InChI=1S/C14H20BrN3O/c1-9-5-11(6-10(2)13(9)15)17-8-14(3-4-14)7-12(16)18-19/h5-6,17,19H,3-4,7-8H2,1-2H3,(H2,16,18). The molecule has 0 amide bonds. The molecule has 0 spiro atoms. The van der Waals surface area contributed by atoms with Crippen LogP contribution in [0, 0.1) is 19.3 Å². The summed E-state index contributed by atoms with van der Waals surface area (Å²) in [6.07, 6.45) is 2.92. The number of nitrogens with two attached hydrogens (primary N) is 1. The summed E-state index contributed by atoms with van der Waals surface area (Å²) in [5, 5.41) is 15.2. The summed E-state index contributed by atoms with van der Waals surface area (Å²) in [6.45, 7) is 5.04. The van der Waals surface area contributed by atoms with E-state index in [-0.39, 0.29) is 5.41 Å². The summed E-state index contributed by atoms with van der Waals surface area (Å²) in [5.74, 6) is 0.322. The summed E-state index contributed by atoms with van der Waals surface area (Å²) in [7, 11) is 0. The second-order valence-electron chi connectivity index (χ2n) is 5.55. The first-order valence-corrected chi connectivity index (χ1v) is 7.22. The minimum atomic E-state index is 0.172.